The summed E-state index contributed by atoms with van der Waals surface area (Å²) in [5.74, 6) is 0. The van der Waals surface area contributed by atoms with Crippen LogP contribution in [-0.4, -0.2) is 28.7 Å². The zero-order valence-corrected chi connectivity index (χ0v) is 22.3. The molecule has 0 amide bonds. The van der Waals surface area contributed by atoms with E-state index in [1.807, 2.05) is 0 Å². The molecule has 0 N–H and O–H groups in total. The van der Waals surface area contributed by atoms with Gasteiger partial charge in [-0.15, -0.1) is 0 Å². The van der Waals surface area contributed by atoms with Crippen molar-refractivity contribution in [2.24, 2.45) is 0 Å². The van der Waals surface area contributed by atoms with Crippen LogP contribution in [0.3, 0.4) is 0 Å². The Hall–Kier alpha value is -0.474. The summed E-state index contributed by atoms with van der Waals surface area (Å²) < 4.78 is 6.86. The molecule has 0 aliphatic heterocycles. The van der Waals surface area contributed by atoms with E-state index in [9.17, 15) is 0 Å². The van der Waals surface area contributed by atoms with Crippen molar-refractivity contribution in [3.63, 3.8) is 0 Å². The third-order valence-corrected chi connectivity index (χ3v) is 19.3. The average molecular weight is 472 g/mol. The SMILES string of the molecule is C[CH](C)[Ge]([c]1ccccc1)[CH](C)C.C[CH](C)[Ge]([c]1ccccc1)[CH](C)C. The Kier molecular flexibility index (Phi) is 10.9. The third-order valence-electron chi connectivity index (χ3n) is 4.70. The fourth-order valence-corrected chi connectivity index (χ4v) is 17.5. The first-order valence-corrected chi connectivity index (χ1v) is 17.0. The molecule has 0 aliphatic carbocycles. The van der Waals surface area contributed by atoms with Gasteiger partial charge in [-0.1, -0.05) is 0 Å². The first kappa shape index (κ1) is 23.6. The molecule has 2 rings (SSSR count). The fourth-order valence-electron chi connectivity index (χ4n) is 3.93. The molecular formula is C24H38Ge2. The fraction of sp³-hybridized carbons (Fsp3) is 0.500. The van der Waals surface area contributed by atoms with Gasteiger partial charge in [0, 0.05) is 0 Å². The zero-order chi connectivity index (χ0) is 19.7. The Balaban J connectivity index is 0.000000260. The Bertz CT molecular complexity index is 517. The van der Waals surface area contributed by atoms with Crippen molar-refractivity contribution in [3.05, 3.63) is 60.7 Å². The molecule has 0 nitrogen and oxygen atoms in total. The molecule has 0 saturated heterocycles. The van der Waals surface area contributed by atoms with E-state index in [0.29, 0.717) is 0 Å². The maximum atomic E-state index is 2.38. The van der Waals surface area contributed by atoms with Gasteiger partial charge in [-0.25, -0.2) is 0 Å². The average Bonchev–Trinajstić information content (AvgIpc) is 2.56. The monoisotopic (exact) mass is 474 g/mol. The van der Waals surface area contributed by atoms with Crippen LogP contribution in [0.4, 0.5) is 0 Å². The van der Waals surface area contributed by atoms with E-state index < -0.39 is 28.7 Å². The van der Waals surface area contributed by atoms with E-state index >= 15 is 0 Å². The summed E-state index contributed by atoms with van der Waals surface area (Å²) in [6.07, 6.45) is 0. The van der Waals surface area contributed by atoms with Crippen LogP contribution in [0.25, 0.3) is 0 Å². The zero-order valence-electron chi connectivity index (χ0n) is 18.1. The standard InChI is InChI=1S/2C12H19Ge/c2*1-10(2)13(11(3)4)12-8-6-5-7-9-12/h2*5-11H,1-4H3. The van der Waals surface area contributed by atoms with Crippen LogP contribution in [0.5, 0.6) is 0 Å². The first-order chi connectivity index (χ1) is 12.3. The molecular weight excluding hydrogens is 433 g/mol. The second kappa shape index (κ2) is 12.1. The van der Waals surface area contributed by atoms with Crippen LogP contribution in [0.2, 0.25) is 19.0 Å². The molecule has 0 heterocycles. The van der Waals surface area contributed by atoms with Crippen LogP contribution in [-0.2, 0) is 0 Å². The van der Waals surface area contributed by atoms with Crippen molar-refractivity contribution >= 4 is 37.5 Å². The Morgan fingerprint density at radius 3 is 0.846 bits per heavy atom. The molecule has 0 aliphatic rings. The van der Waals surface area contributed by atoms with Crippen LogP contribution in [0.1, 0.15) is 55.4 Å². The van der Waals surface area contributed by atoms with Gasteiger partial charge in [-0.05, 0) is 0 Å². The summed E-state index contributed by atoms with van der Waals surface area (Å²) in [7, 11) is 0. The minimum absolute atomic E-state index is 0.891. The molecule has 26 heavy (non-hydrogen) atoms. The van der Waals surface area contributed by atoms with E-state index in [-0.39, 0.29) is 0 Å². The maximum absolute atomic E-state index is 2.38. The van der Waals surface area contributed by atoms with Gasteiger partial charge in [-0.2, -0.15) is 0 Å². The van der Waals surface area contributed by atoms with Crippen LogP contribution >= 0.6 is 0 Å². The van der Waals surface area contributed by atoms with Gasteiger partial charge >= 0.3 is 173 Å². The van der Waals surface area contributed by atoms with E-state index in [0.717, 1.165) is 19.0 Å². The van der Waals surface area contributed by atoms with E-state index in [2.05, 4.69) is 116 Å². The molecule has 0 atom stereocenters. The molecule has 0 saturated carbocycles. The quantitative estimate of drug-likeness (QED) is 0.427. The van der Waals surface area contributed by atoms with Crippen LogP contribution < -0.4 is 8.79 Å². The predicted molar refractivity (Wildman–Crippen MR) is 124 cm³/mol. The van der Waals surface area contributed by atoms with Crippen LogP contribution in [0.15, 0.2) is 60.7 Å². The summed E-state index contributed by atoms with van der Waals surface area (Å²) in [5, 5.41) is 0. The van der Waals surface area contributed by atoms with Crippen molar-refractivity contribution in [1.82, 2.24) is 0 Å². The molecule has 0 spiro atoms. The second-order valence-electron chi connectivity index (χ2n) is 8.26. The second-order valence-corrected chi connectivity index (χ2v) is 24.2. The molecule has 0 aromatic heterocycles. The topological polar surface area (TPSA) is 0 Å². The molecule has 2 aromatic carbocycles. The van der Waals surface area contributed by atoms with Crippen molar-refractivity contribution < 1.29 is 0 Å². The summed E-state index contributed by atoms with van der Waals surface area (Å²) in [6, 6.07) is 22.2. The number of hydrogen-bond donors (Lipinski definition) is 0. The van der Waals surface area contributed by atoms with Gasteiger partial charge in [-0.3, -0.25) is 0 Å². The van der Waals surface area contributed by atoms with Gasteiger partial charge in [0.05, 0.1) is 0 Å². The summed E-state index contributed by atoms with van der Waals surface area (Å²) in [4.78, 5) is 0. The molecule has 0 unspecified atom stereocenters. The van der Waals surface area contributed by atoms with E-state index in [1.54, 1.807) is 8.79 Å². The molecule has 2 aromatic rings. The summed E-state index contributed by atoms with van der Waals surface area (Å²) in [5.41, 5.74) is 0. The van der Waals surface area contributed by atoms with Crippen LogP contribution in [0, 0.1) is 0 Å². The van der Waals surface area contributed by atoms with Gasteiger partial charge in [0.2, 0.25) is 0 Å². The Labute approximate surface area is 172 Å². The number of rotatable bonds is 6. The van der Waals surface area contributed by atoms with Gasteiger partial charge in [0.1, 0.15) is 0 Å². The van der Waals surface area contributed by atoms with Crippen molar-refractivity contribution in [3.8, 4) is 0 Å². The van der Waals surface area contributed by atoms with Gasteiger partial charge in [0.25, 0.3) is 0 Å². The molecule has 2 heteroatoms. The summed E-state index contributed by atoms with van der Waals surface area (Å²) >= 11 is -2.05. The van der Waals surface area contributed by atoms with Crippen molar-refractivity contribution in [2.75, 3.05) is 0 Å². The Morgan fingerprint density at radius 1 is 0.423 bits per heavy atom. The molecule has 0 bridgehead atoms. The normalized spacial score (nSPS) is 11.6. The van der Waals surface area contributed by atoms with E-state index in [4.69, 9.17) is 0 Å². The molecule has 142 valence electrons. The molecule has 2 radical (unpaired) electrons. The Morgan fingerprint density at radius 2 is 0.654 bits per heavy atom. The van der Waals surface area contributed by atoms with Crippen molar-refractivity contribution in [1.29, 1.82) is 0 Å². The minimum atomic E-state index is -1.03. The van der Waals surface area contributed by atoms with Gasteiger partial charge in [0.15, 0.2) is 0 Å². The van der Waals surface area contributed by atoms with Crippen molar-refractivity contribution in [2.45, 2.75) is 74.4 Å². The number of hydrogen-bond acceptors (Lipinski definition) is 0. The predicted octanol–water partition coefficient (Wildman–Crippen LogP) is 6.42. The molecule has 0 fully saturated rings. The van der Waals surface area contributed by atoms with E-state index in [1.165, 1.54) is 0 Å². The summed E-state index contributed by atoms with van der Waals surface area (Å²) in [6.45, 7) is 19.0. The first-order valence-electron chi connectivity index (χ1n) is 10.1. The number of benzene rings is 2. The third kappa shape index (κ3) is 7.64. The van der Waals surface area contributed by atoms with Gasteiger partial charge < -0.3 is 0 Å².